The van der Waals surface area contributed by atoms with Gasteiger partial charge in [-0.1, -0.05) is 43.3 Å². The largest absolute Gasteiger partial charge is 0.446 e. The highest BCUT2D eigenvalue weighted by Gasteiger charge is 2.28. The molecule has 152 valence electrons. The zero-order valence-electron chi connectivity index (χ0n) is 16.0. The van der Waals surface area contributed by atoms with Crippen molar-refractivity contribution in [2.45, 2.75) is 25.8 Å². The lowest BCUT2D eigenvalue weighted by atomic mass is 10.3. The Bertz CT molecular complexity index is 655. The maximum atomic E-state index is 12.9. The summed E-state index contributed by atoms with van der Waals surface area (Å²) in [5, 5.41) is 3.06. The van der Waals surface area contributed by atoms with Crippen molar-refractivity contribution in [3.05, 3.63) is 60.7 Å². The first-order valence-electron chi connectivity index (χ1n) is 9.32. The van der Waals surface area contributed by atoms with Gasteiger partial charge in [0.05, 0.1) is 19.4 Å². The standard InChI is InChI=1S/C21H26N2O4.ClH/c1-2-19(23-13-15-25-16-14-23)22-20(24)21(26-17-9-5-3-6-10-17)27-18-11-7-4-8-12-18;/h3-12,19,21H,2,13-16H2,1H3,(H,22,24);1H. The Labute approximate surface area is 172 Å². The number of amides is 1. The molecule has 1 saturated heterocycles. The summed E-state index contributed by atoms with van der Waals surface area (Å²) in [6.45, 7) is 4.99. The number of benzene rings is 2. The van der Waals surface area contributed by atoms with Crippen molar-refractivity contribution in [3.8, 4) is 11.5 Å². The van der Waals surface area contributed by atoms with Crippen LogP contribution < -0.4 is 14.8 Å². The van der Waals surface area contributed by atoms with Crippen LogP contribution in [0.5, 0.6) is 11.5 Å². The minimum Gasteiger partial charge on any atom is -0.446 e. The Morgan fingerprint density at radius 1 is 1.00 bits per heavy atom. The normalized spacial score (nSPS) is 15.4. The lowest BCUT2D eigenvalue weighted by Gasteiger charge is -2.35. The van der Waals surface area contributed by atoms with Gasteiger partial charge in [-0.05, 0) is 30.7 Å². The molecule has 0 radical (unpaired) electrons. The van der Waals surface area contributed by atoms with Crippen LogP contribution in [0.25, 0.3) is 0 Å². The second-order valence-electron chi connectivity index (χ2n) is 6.27. The van der Waals surface area contributed by atoms with E-state index in [0.29, 0.717) is 24.7 Å². The molecule has 28 heavy (non-hydrogen) atoms. The van der Waals surface area contributed by atoms with Gasteiger partial charge in [-0.25, -0.2) is 0 Å². The van der Waals surface area contributed by atoms with Crippen molar-refractivity contribution in [2.75, 3.05) is 26.3 Å². The lowest BCUT2D eigenvalue weighted by molar-refractivity contribution is -0.143. The summed E-state index contributed by atoms with van der Waals surface area (Å²) in [7, 11) is 0. The molecule has 1 atom stereocenters. The zero-order chi connectivity index (χ0) is 18.9. The summed E-state index contributed by atoms with van der Waals surface area (Å²) >= 11 is 0. The van der Waals surface area contributed by atoms with Gasteiger partial charge < -0.3 is 19.5 Å². The average Bonchev–Trinajstić information content (AvgIpc) is 2.73. The van der Waals surface area contributed by atoms with Crippen LogP contribution in [-0.2, 0) is 9.53 Å². The summed E-state index contributed by atoms with van der Waals surface area (Å²) in [6.07, 6.45) is -0.373. The Balaban J connectivity index is 0.00000280. The van der Waals surface area contributed by atoms with Crippen LogP contribution in [0, 0.1) is 0 Å². The third-order valence-corrected chi connectivity index (χ3v) is 4.37. The topological polar surface area (TPSA) is 60.0 Å². The number of hydrogen-bond acceptors (Lipinski definition) is 5. The predicted molar refractivity (Wildman–Crippen MR) is 110 cm³/mol. The molecule has 1 aliphatic rings. The van der Waals surface area contributed by atoms with Gasteiger partial charge in [0.15, 0.2) is 0 Å². The maximum absolute atomic E-state index is 12.9. The van der Waals surface area contributed by atoms with Gasteiger partial charge in [0, 0.05) is 13.1 Å². The molecule has 0 saturated carbocycles. The number of ether oxygens (including phenoxy) is 3. The van der Waals surface area contributed by atoms with Gasteiger partial charge >= 0.3 is 12.2 Å². The van der Waals surface area contributed by atoms with Gasteiger partial charge in [0.25, 0.3) is 0 Å². The van der Waals surface area contributed by atoms with E-state index in [9.17, 15) is 4.79 Å². The smallest absolute Gasteiger partial charge is 0.321 e. The van der Waals surface area contributed by atoms with E-state index in [1.807, 2.05) is 43.3 Å². The van der Waals surface area contributed by atoms with Crippen LogP contribution in [0.1, 0.15) is 13.3 Å². The SMILES string of the molecule is CCC(NC(=O)C(Oc1ccccc1)Oc1ccccc1)N1CCOCC1.Cl. The summed E-state index contributed by atoms with van der Waals surface area (Å²) in [5.74, 6) is 0.849. The van der Waals surface area contributed by atoms with Crippen LogP contribution in [0.3, 0.4) is 0 Å². The van der Waals surface area contributed by atoms with Gasteiger partial charge in [-0.15, -0.1) is 12.4 Å². The van der Waals surface area contributed by atoms with Gasteiger partial charge in [-0.3, -0.25) is 9.69 Å². The number of carbonyl (C=O) groups is 1. The Hall–Kier alpha value is -2.28. The fourth-order valence-corrected chi connectivity index (χ4v) is 2.95. The summed E-state index contributed by atoms with van der Waals surface area (Å²) in [4.78, 5) is 15.2. The summed E-state index contributed by atoms with van der Waals surface area (Å²) in [5.41, 5.74) is 0. The number of hydrogen-bond donors (Lipinski definition) is 1. The molecule has 1 unspecified atom stereocenters. The molecule has 0 aromatic heterocycles. The molecule has 0 bridgehead atoms. The van der Waals surface area contributed by atoms with Gasteiger partial charge in [0.1, 0.15) is 11.5 Å². The maximum Gasteiger partial charge on any atom is 0.321 e. The van der Waals surface area contributed by atoms with E-state index in [2.05, 4.69) is 10.2 Å². The first kappa shape index (κ1) is 22.0. The summed E-state index contributed by atoms with van der Waals surface area (Å²) in [6, 6.07) is 18.4. The number of nitrogens with zero attached hydrogens (tertiary/aromatic N) is 1. The highest BCUT2D eigenvalue weighted by atomic mass is 35.5. The van der Waals surface area contributed by atoms with Crippen LogP contribution in [0.4, 0.5) is 0 Å². The molecule has 0 spiro atoms. The Kier molecular flexibility index (Phi) is 9.07. The molecule has 1 N–H and O–H groups in total. The highest BCUT2D eigenvalue weighted by molar-refractivity contribution is 5.85. The quantitative estimate of drug-likeness (QED) is 0.683. The second kappa shape index (κ2) is 11.5. The molecule has 0 aliphatic carbocycles. The lowest BCUT2D eigenvalue weighted by Crippen LogP contribution is -2.55. The third-order valence-electron chi connectivity index (χ3n) is 4.37. The monoisotopic (exact) mass is 406 g/mol. The molecule has 2 aromatic rings. The predicted octanol–water partition coefficient (Wildman–Crippen LogP) is 3.08. The third kappa shape index (κ3) is 6.41. The highest BCUT2D eigenvalue weighted by Crippen LogP contribution is 2.16. The molecule has 1 aliphatic heterocycles. The molecule has 1 fully saturated rings. The van der Waals surface area contributed by atoms with Crippen molar-refractivity contribution in [2.24, 2.45) is 0 Å². The van der Waals surface area contributed by atoms with Crippen LogP contribution in [0.2, 0.25) is 0 Å². The number of para-hydroxylation sites is 2. The molecular formula is C21H27ClN2O4. The molecular weight excluding hydrogens is 380 g/mol. The molecule has 7 heteroatoms. The molecule has 2 aromatic carbocycles. The van der Waals surface area contributed by atoms with E-state index in [1.54, 1.807) is 24.3 Å². The van der Waals surface area contributed by atoms with Crippen molar-refractivity contribution in [3.63, 3.8) is 0 Å². The van der Waals surface area contributed by atoms with Crippen LogP contribution in [-0.4, -0.2) is 49.6 Å². The fraction of sp³-hybridized carbons (Fsp3) is 0.381. The van der Waals surface area contributed by atoms with E-state index in [4.69, 9.17) is 14.2 Å². The van der Waals surface area contributed by atoms with E-state index in [1.165, 1.54) is 0 Å². The summed E-state index contributed by atoms with van der Waals surface area (Å²) < 4.78 is 17.1. The molecule has 6 nitrogen and oxygen atoms in total. The Morgan fingerprint density at radius 3 is 1.96 bits per heavy atom. The van der Waals surface area contributed by atoms with Crippen molar-refractivity contribution in [1.29, 1.82) is 0 Å². The van der Waals surface area contributed by atoms with Crippen LogP contribution in [0.15, 0.2) is 60.7 Å². The minimum atomic E-state index is -1.08. The minimum absolute atomic E-state index is 0. The van der Waals surface area contributed by atoms with E-state index >= 15 is 0 Å². The molecule has 3 rings (SSSR count). The fourth-order valence-electron chi connectivity index (χ4n) is 2.95. The number of halogens is 1. The first-order chi connectivity index (χ1) is 13.3. The first-order valence-corrected chi connectivity index (χ1v) is 9.32. The van der Waals surface area contributed by atoms with E-state index < -0.39 is 6.29 Å². The van der Waals surface area contributed by atoms with E-state index in [0.717, 1.165) is 19.5 Å². The molecule has 1 amide bonds. The second-order valence-corrected chi connectivity index (χ2v) is 6.27. The van der Waals surface area contributed by atoms with Gasteiger partial charge in [-0.2, -0.15) is 0 Å². The van der Waals surface area contributed by atoms with E-state index in [-0.39, 0.29) is 24.5 Å². The van der Waals surface area contributed by atoms with Crippen molar-refractivity contribution < 1.29 is 19.0 Å². The van der Waals surface area contributed by atoms with Crippen molar-refractivity contribution in [1.82, 2.24) is 10.2 Å². The Morgan fingerprint density at radius 2 is 1.50 bits per heavy atom. The number of rotatable bonds is 8. The van der Waals surface area contributed by atoms with Gasteiger partial charge in [0.2, 0.25) is 0 Å². The number of morpholine rings is 1. The average molecular weight is 407 g/mol. The van der Waals surface area contributed by atoms with Crippen LogP contribution >= 0.6 is 12.4 Å². The zero-order valence-corrected chi connectivity index (χ0v) is 16.8. The number of carbonyl (C=O) groups excluding carboxylic acids is 1. The van der Waals surface area contributed by atoms with Crippen molar-refractivity contribution >= 4 is 18.3 Å². The molecule has 1 heterocycles. The number of nitrogens with one attached hydrogen (secondary N) is 1.